The van der Waals surface area contributed by atoms with Crippen LogP contribution >= 0.6 is 11.8 Å². The first-order valence-electron chi connectivity index (χ1n) is 8.38. The first kappa shape index (κ1) is 19.6. The highest BCUT2D eigenvalue weighted by atomic mass is 32.2. The fourth-order valence-electron chi connectivity index (χ4n) is 2.52. The molecule has 0 spiro atoms. The summed E-state index contributed by atoms with van der Waals surface area (Å²) in [6.45, 7) is 2.04. The van der Waals surface area contributed by atoms with E-state index in [1.807, 2.05) is 6.07 Å². The van der Waals surface area contributed by atoms with Crippen LogP contribution in [0.1, 0.15) is 23.0 Å². The molecule has 2 heterocycles. The van der Waals surface area contributed by atoms with E-state index in [0.717, 1.165) is 5.56 Å². The van der Waals surface area contributed by atoms with E-state index in [-0.39, 0.29) is 0 Å². The van der Waals surface area contributed by atoms with E-state index >= 15 is 0 Å². The molecule has 148 valence electrons. The number of methoxy groups -OCH3 is 2. The van der Waals surface area contributed by atoms with Gasteiger partial charge in [0.05, 0.1) is 32.8 Å². The van der Waals surface area contributed by atoms with Crippen molar-refractivity contribution in [3.05, 3.63) is 41.9 Å². The first-order chi connectivity index (χ1) is 13.6. The number of nitrogens with two attached hydrogens (primary N) is 1. The Balaban J connectivity index is 1.78. The maximum absolute atomic E-state index is 11.9. The number of carbonyl (C=O) groups is 1. The molecule has 0 aliphatic carbocycles. The molecule has 3 rings (SSSR count). The minimum Gasteiger partial charge on any atom is -0.493 e. The van der Waals surface area contributed by atoms with Gasteiger partial charge in [-0.25, -0.2) is 9.47 Å². The molecule has 0 unspecified atom stereocenters. The van der Waals surface area contributed by atoms with E-state index in [2.05, 4.69) is 10.2 Å². The van der Waals surface area contributed by atoms with Crippen molar-refractivity contribution in [1.29, 1.82) is 0 Å². The Labute approximate surface area is 165 Å². The summed E-state index contributed by atoms with van der Waals surface area (Å²) in [5.74, 6) is 8.20. The molecule has 9 nitrogen and oxygen atoms in total. The molecular weight excluding hydrogens is 384 g/mol. The number of carbonyl (C=O) groups excluding carboxylic acids is 1. The molecule has 10 heteroatoms. The monoisotopic (exact) mass is 404 g/mol. The molecule has 0 radical (unpaired) electrons. The minimum absolute atomic E-state index is 0.294. The average molecular weight is 404 g/mol. The second kappa shape index (κ2) is 8.70. The zero-order chi connectivity index (χ0) is 20.1. The van der Waals surface area contributed by atoms with E-state index in [9.17, 15) is 4.79 Å². The number of rotatable bonds is 8. The number of nitrogen functional groups attached to an aromatic ring is 1. The normalized spacial score (nSPS) is 10.7. The molecule has 2 N–H and O–H groups in total. The van der Waals surface area contributed by atoms with Crippen LogP contribution in [0.4, 0.5) is 0 Å². The van der Waals surface area contributed by atoms with E-state index in [1.165, 1.54) is 22.7 Å². The topological polar surface area (TPSA) is 115 Å². The van der Waals surface area contributed by atoms with Gasteiger partial charge in [-0.15, -0.1) is 10.2 Å². The number of nitrogens with zero attached hydrogens (tertiary/aromatic N) is 3. The van der Waals surface area contributed by atoms with Crippen molar-refractivity contribution in [3.8, 4) is 22.9 Å². The maximum atomic E-state index is 11.9. The molecule has 0 amide bonds. The third kappa shape index (κ3) is 3.91. The number of ether oxygens (including phenoxy) is 3. The molecule has 3 aromatic rings. The van der Waals surface area contributed by atoms with Crippen molar-refractivity contribution < 1.29 is 23.4 Å². The zero-order valence-electron chi connectivity index (χ0n) is 15.7. The van der Waals surface area contributed by atoms with Crippen molar-refractivity contribution in [3.63, 3.8) is 0 Å². The number of thioether (sulfide) groups is 1. The fraction of sp³-hybridized carbons (Fsp3) is 0.278. The zero-order valence-corrected chi connectivity index (χ0v) is 16.5. The summed E-state index contributed by atoms with van der Waals surface area (Å²) in [6, 6.07) is 6.93. The molecule has 0 bridgehead atoms. The summed E-state index contributed by atoms with van der Waals surface area (Å²) < 4.78 is 22.3. The maximum Gasteiger partial charge on any atom is 0.341 e. The van der Waals surface area contributed by atoms with Gasteiger partial charge >= 0.3 is 5.97 Å². The molecule has 0 aliphatic heterocycles. The van der Waals surface area contributed by atoms with Crippen molar-refractivity contribution in [1.82, 2.24) is 14.9 Å². The Morgan fingerprint density at radius 2 is 2.00 bits per heavy atom. The van der Waals surface area contributed by atoms with Crippen LogP contribution in [-0.2, 0) is 10.5 Å². The standard InChI is InChI=1S/C18H20N4O5S/c1-4-26-17(23)12-7-8-27-15(12)10-28-18-21-20-16(22(18)19)11-5-6-13(24-2)14(9-11)25-3/h5-9H,4,10,19H2,1-3H3. The lowest BCUT2D eigenvalue weighted by Gasteiger charge is -2.09. The van der Waals surface area contributed by atoms with Crippen molar-refractivity contribution in [2.45, 2.75) is 17.8 Å². The highest BCUT2D eigenvalue weighted by molar-refractivity contribution is 7.98. The average Bonchev–Trinajstić information content (AvgIpc) is 3.32. The van der Waals surface area contributed by atoms with Crippen LogP contribution in [0.5, 0.6) is 11.5 Å². The summed E-state index contributed by atoms with van der Waals surface area (Å²) in [6.07, 6.45) is 1.45. The third-order valence-electron chi connectivity index (χ3n) is 3.88. The predicted molar refractivity (Wildman–Crippen MR) is 103 cm³/mol. The second-order valence-electron chi connectivity index (χ2n) is 5.51. The van der Waals surface area contributed by atoms with Crippen LogP contribution in [0.2, 0.25) is 0 Å². The van der Waals surface area contributed by atoms with Gasteiger partial charge in [0.25, 0.3) is 0 Å². The lowest BCUT2D eigenvalue weighted by atomic mass is 10.2. The van der Waals surface area contributed by atoms with Gasteiger partial charge in [0.15, 0.2) is 17.3 Å². The number of esters is 1. The van der Waals surface area contributed by atoms with Crippen LogP contribution in [0.15, 0.2) is 40.1 Å². The molecule has 0 fully saturated rings. The molecule has 2 aromatic heterocycles. The molecule has 28 heavy (non-hydrogen) atoms. The van der Waals surface area contributed by atoms with Crippen molar-refractivity contribution in [2.24, 2.45) is 0 Å². The quantitative estimate of drug-likeness (QED) is 0.344. The lowest BCUT2D eigenvalue weighted by molar-refractivity contribution is 0.0524. The summed E-state index contributed by atoms with van der Waals surface area (Å²) >= 11 is 1.29. The lowest BCUT2D eigenvalue weighted by Crippen LogP contribution is -2.12. The molecule has 0 saturated heterocycles. The van der Waals surface area contributed by atoms with Gasteiger partial charge in [0.1, 0.15) is 11.3 Å². The number of furan rings is 1. The van der Waals surface area contributed by atoms with Gasteiger partial charge in [-0.1, -0.05) is 11.8 Å². The summed E-state index contributed by atoms with van der Waals surface area (Å²) in [7, 11) is 3.12. The van der Waals surface area contributed by atoms with Crippen LogP contribution in [0, 0.1) is 0 Å². The molecule has 0 atom stereocenters. The molecule has 0 saturated carbocycles. The number of hydrogen-bond donors (Lipinski definition) is 1. The smallest absolute Gasteiger partial charge is 0.341 e. The van der Waals surface area contributed by atoms with Gasteiger partial charge in [-0.3, -0.25) is 0 Å². The van der Waals surface area contributed by atoms with Gasteiger partial charge in [-0.2, -0.15) is 0 Å². The van der Waals surface area contributed by atoms with Gasteiger partial charge < -0.3 is 24.5 Å². The number of benzene rings is 1. The predicted octanol–water partition coefficient (Wildman–Crippen LogP) is 2.74. The summed E-state index contributed by atoms with van der Waals surface area (Å²) in [4.78, 5) is 11.9. The summed E-state index contributed by atoms with van der Waals surface area (Å²) in [5.41, 5.74) is 1.11. The van der Waals surface area contributed by atoms with E-state index < -0.39 is 5.97 Å². The van der Waals surface area contributed by atoms with E-state index in [0.29, 0.717) is 46.2 Å². The van der Waals surface area contributed by atoms with Crippen LogP contribution in [0.3, 0.4) is 0 Å². The number of hydrogen-bond acceptors (Lipinski definition) is 9. The molecule has 0 aliphatic rings. The van der Waals surface area contributed by atoms with Crippen LogP contribution in [0.25, 0.3) is 11.4 Å². The Bertz CT molecular complexity index is 969. The largest absolute Gasteiger partial charge is 0.493 e. The fourth-order valence-corrected chi connectivity index (χ4v) is 3.33. The van der Waals surface area contributed by atoms with Crippen molar-refractivity contribution >= 4 is 17.7 Å². The van der Waals surface area contributed by atoms with Crippen LogP contribution in [-0.4, -0.2) is 41.7 Å². The minimum atomic E-state index is -0.424. The molecule has 1 aromatic carbocycles. The Morgan fingerprint density at radius 3 is 2.71 bits per heavy atom. The van der Waals surface area contributed by atoms with Gasteiger partial charge in [0, 0.05) is 5.56 Å². The second-order valence-corrected chi connectivity index (χ2v) is 6.46. The van der Waals surface area contributed by atoms with Gasteiger partial charge in [0.2, 0.25) is 5.16 Å². The Kier molecular flexibility index (Phi) is 6.09. The Morgan fingerprint density at radius 1 is 1.21 bits per heavy atom. The molecular formula is C18H20N4O5S. The van der Waals surface area contributed by atoms with E-state index in [4.69, 9.17) is 24.5 Å². The van der Waals surface area contributed by atoms with Crippen LogP contribution < -0.4 is 15.3 Å². The van der Waals surface area contributed by atoms with Gasteiger partial charge in [-0.05, 0) is 31.2 Å². The number of aromatic nitrogens is 3. The van der Waals surface area contributed by atoms with Crippen molar-refractivity contribution in [2.75, 3.05) is 26.7 Å². The SMILES string of the molecule is CCOC(=O)c1ccoc1CSc1nnc(-c2ccc(OC)c(OC)c2)n1N. The highest BCUT2D eigenvalue weighted by Crippen LogP contribution is 2.32. The Hall–Kier alpha value is -3.14. The first-order valence-corrected chi connectivity index (χ1v) is 9.36. The van der Waals surface area contributed by atoms with E-state index in [1.54, 1.807) is 39.3 Å². The summed E-state index contributed by atoms with van der Waals surface area (Å²) in [5, 5.41) is 8.74. The third-order valence-corrected chi connectivity index (χ3v) is 4.82. The highest BCUT2D eigenvalue weighted by Gasteiger charge is 2.19.